The lowest BCUT2D eigenvalue weighted by atomic mass is 10.2. The number of sulfonamides is 1. The number of nitrogens with one attached hydrogen (secondary N) is 3. The van der Waals surface area contributed by atoms with E-state index >= 15 is 0 Å². The number of amides is 2. The van der Waals surface area contributed by atoms with Crippen molar-refractivity contribution in [2.45, 2.75) is 19.1 Å². The van der Waals surface area contributed by atoms with Crippen molar-refractivity contribution in [2.24, 2.45) is 0 Å². The molecule has 2 aromatic rings. The van der Waals surface area contributed by atoms with E-state index in [2.05, 4.69) is 15.4 Å². The first kappa shape index (κ1) is 20.6. The maximum absolute atomic E-state index is 12.1. The monoisotopic (exact) mass is 389 g/mol. The Labute approximate surface area is 159 Å². The minimum atomic E-state index is -3.46. The third kappa shape index (κ3) is 7.20. The molecule has 27 heavy (non-hydrogen) atoms. The van der Waals surface area contributed by atoms with Gasteiger partial charge >= 0.3 is 0 Å². The van der Waals surface area contributed by atoms with Gasteiger partial charge in [0.15, 0.2) is 0 Å². The van der Waals surface area contributed by atoms with Crippen LogP contribution in [0.4, 0.5) is 5.69 Å². The Balaban J connectivity index is 1.76. The van der Waals surface area contributed by atoms with Gasteiger partial charge in [0.25, 0.3) is 5.91 Å². The summed E-state index contributed by atoms with van der Waals surface area (Å²) in [5, 5.41) is 5.35. The topological polar surface area (TPSA) is 104 Å². The van der Waals surface area contributed by atoms with Crippen molar-refractivity contribution in [3.05, 3.63) is 65.7 Å². The molecule has 0 saturated heterocycles. The summed E-state index contributed by atoms with van der Waals surface area (Å²) in [5.74, 6) is -0.521. The molecule has 0 heterocycles. The third-order valence-corrected chi connectivity index (χ3v) is 5.04. The summed E-state index contributed by atoms with van der Waals surface area (Å²) >= 11 is 0. The second kappa shape index (κ2) is 9.84. The molecule has 2 amide bonds. The summed E-state index contributed by atoms with van der Waals surface area (Å²) in [6.07, 6.45) is 0.377. The van der Waals surface area contributed by atoms with Gasteiger partial charge in [-0.2, -0.15) is 0 Å². The minimum Gasteiger partial charge on any atom is -0.351 e. The first-order chi connectivity index (χ1) is 12.9. The standard InChI is InChI=1S/C19H23N3O4S/c1-2-18(23)22-17-10-8-16(9-11-17)19(24)20-12-13-21-27(25,26)14-15-6-4-3-5-7-15/h3-11,21H,2,12-14H2,1H3,(H,20,24)(H,22,23). The number of rotatable bonds is 9. The van der Waals surface area contributed by atoms with Crippen molar-refractivity contribution in [1.82, 2.24) is 10.0 Å². The van der Waals surface area contributed by atoms with Crippen molar-refractivity contribution in [2.75, 3.05) is 18.4 Å². The van der Waals surface area contributed by atoms with Crippen LogP contribution in [0.3, 0.4) is 0 Å². The lowest BCUT2D eigenvalue weighted by Crippen LogP contribution is -2.35. The Morgan fingerprint density at radius 3 is 2.22 bits per heavy atom. The molecular formula is C19H23N3O4S. The molecule has 0 aliphatic rings. The van der Waals surface area contributed by atoms with E-state index in [9.17, 15) is 18.0 Å². The largest absolute Gasteiger partial charge is 0.351 e. The number of carbonyl (C=O) groups excluding carboxylic acids is 2. The number of carbonyl (C=O) groups is 2. The molecule has 8 heteroatoms. The summed E-state index contributed by atoms with van der Waals surface area (Å²) in [6, 6.07) is 15.4. The van der Waals surface area contributed by atoms with Crippen molar-refractivity contribution >= 4 is 27.5 Å². The fourth-order valence-electron chi connectivity index (χ4n) is 2.28. The van der Waals surface area contributed by atoms with Gasteiger partial charge in [-0.1, -0.05) is 37.3 Å². The smallest absolute Gasteiger partial charge is 0.251 e. The maximum Gasteiger partial charge on any atom is 0.251 e. The van der Waals surface area contributed by atoms with Gasteiger partial charge in [-0.15, -0.1) is 0 Å². The Bertz CT molecular complexity index is 866. The predicted molar refractivity (Wildman–Crippen MR) is 105 cm³/mol. The van der Waals surface area contributed by atoms with Crippen molar-refractivity contribution < 1.29 is 18.0 Å². The minimum absolute atomic E-state index is 0.102. The number of benzene rings is 2. The molecule has 0 bridgehead atoms. The lowest BCUT2D eigenvalue weighted by molar-refractivity contribution is -0.115. The molecule has 0 aliphatic heterocycles. The summed E-state index contributed by atoms with van der Waals surface area (Å²) < 4.78 is 26.5. The van der Waals surface area contributed by atoms with Crippen LogP contribution in [0, 0.1) is 0 Å². The Morgan fingerprint density at radius 2 is 1.59 bits per heavy atom. The predicted octanol–water partition coefficient (Wildman–Crippen LogP) is 1.88. The van der Waals surface area contributed by atoms with Gasteiger partial charge in [0.05, 0.1) is 5.75 Å². The van der Waals surface area contributed by atoms with Crippen LogP contribution >= 0.6 is 0 Å². The van der Waals surface area contributed by atoms with Crippen molar-refractivity contribution in [3.63, 3.8) is 0 Å². The number of hydrogen-bond acceptors (Lipinski definition) is 4. The van der Waals surface area contributed by atoms with Crippen molar-refractivity contribution in [1.29, 1.82) is 0 Å². The van der Waals surface area contributed by atoms with E-state index in [1.165, 1.54) is 0 Å². The van der Waals surface area contributed by atoms with Crippen molar-refractivity contribution in [3.8, 4) is 0 Å². The molecule has 0 saturated carbocycles. The molecule has 2 rings (SSSR count). The molecule has 3 N–H and O–H groups in total. The fraction of sp³-hybridized carbons (Fsp3) is 0.263. The SMILES string of the molecule is CCC(=O)Nc1ccc(C(=O)NCCNS(=O)(=O)Cc2ccccc2)cc1. The summed E-state index contributed by atoms with van der Waals surface area (Å²) in [6.45, 7) is 2.03. The van der Waals surface area contributed by atoms with Gasteiger partial charge in [0.2, 0.25) is 15.9 Å². The number of anilines is 1. The second-order valence-electron chi connectivity index (χ2n) is 5.87. The molecule has 144 valence electrons. The highest BCUT2D eigenvalue weighted by Gasteiger charge is 2.11. The molecule has 0 unspecified atom stereocenters. The van der Waals surface area contributed by atoms with Gasteiger partial charge in [0.1, 0.15) is 0 Å². The molecule has 0 radical (unpaired) electrons. The number of hydrogen-bond donors (Lipinski definition) is 3. The van der Waals surface area contributed by atoms with Crippen LogP contribution in [0.2, 0.25) is 0 Å². The molecule has 0 spiro atoms. The molecule has 2 aromatic carbocycles. The average molecular weight is 389 g/mol. The highest BCUT2D eigenvalue weighted by molar-refractivity contribution is 7.88. The van der Waals surface area contributed by atoms with E-state index in [0.717, 1.165) is 0 Å². The molecule has 7 nitrogen and oxygen atoms in total. The summed E-state index contributed by atoms with van der Waals surface area (Å²) in [5.41, 5.74) is 1.74. The third-order valence-electron chi connectivity index (χ3n) is 3.68. The molecule has 0 atom stereocenters. The first-order valence-corrected chi connectivity index (χ1v) is 10.2. The van der Waals surface area contributed by atoms with E-state index in [-0.39, 0.29) is 30.7 Å². The van der Waals surface area contributed by atoms with E-state index in [4.69, 9.17) is 0 Å². The van der Waals surface area contributed by atoms with Crippen LogP contribution in [0.15, 0.2) is 54.6 Å². The van der Waals surface area contributed by atoms with Gasteiger partial charge < -0.3 is 10.6 Å². The lowest BCUT2D eigenvalue weighted by Gasteiger charge is -2.09. The van der Waals surface area contributed by atoms with E-state index < -0.39 is 10.0 Å². The van der Waals surface area contributed by atoms with Crippen LogP contribution < -0.4 is 15.4 Å². The zero-order chi connectivity index (χ0) is 19.7. The molecule has 0 fully saturated rings. The molecule has 0 aromatic heterocycles. The second-order valence-corrected chi connectivity index (χ2v) is 7.68. The Kier molecular flexibility index (Phi) is 7.51. The Hall–Kier alpha value is -2.71. The molecule has 0 aliphatic carbocycles. The van der Waals surface area contributed by atoms with Gasteiger partial charge in [-0.3, -0.25) is 9.59 Å². The maximum atomic E-state index is 12.1. The highest BCUT2D eigenvalue weighted by Crippen LogP contribution is 2.10. The van der Waals surface area contributed by atoms with Crippen LogP contribution in [0.1, 0.15) is 29.3 Å². The summed E-state index contributed by atoms with van der Waals surface area (Å²) in [4.78, 5) is 23.4. The van der Waals surface area contributed by atoms with Gasteiger partial charge in [-0.25, -0.2) is 13.1 Å². The molecular weight excluding hydrogens is 366 g/mol. The summed E-state index contributed by atoms with van der Waals surface area (Å²) in [7, 11) is -3.46. The van der Waals surface area contributed by atoms with Crippen LogP contribution in [0.25, 0.3) is 0 Å². The quantitative estimate of drug-likeness (QED) is 0.570. The highest BCUT2D eigenvalue weighted by atomic mass is 32.2. The van der Waals surface area contributed by atoms with Gasteiger partial charge in [-0.05, 0) is 29.8 Å². The zero-order valence-corrected chi connectivity index (χ0v) is 15.9. The average Bonchev–Trinajstić information content (AvgIpc) is 2.66. The van der Waals surface area contributed by atoms with Crippen LogP contribution in [0.5, 0.6) is 0 Å². The fourth-order valence-corrected chi connectivity index (χ4v) is 3.43. The van der Waals surface area contributed by atoms with E-state index in [1.807, 2.05) is 6.07 Å². The van der Waals surface area contributed by atoms with Crippen LogP contribution in [-0.2, 0) is 20.6 Å². The zero-order valence-electron chi connectivity index (χ0n) is 15.1. The van der Waals surface area contributed by atoms with E-state index in [1.54, 1.807) is 55.5 Å². The van der Waals surface area contributed by atoms with Crippen LogP contribution in [-0.4, -0.2) is 33.3 Å². The first-order valence-electron chi connectivity index (χ1n) is 8.59. The van der Waals surface area contributed by atoms with Gasteiger partial charge in [0, 0.05) is 30.8 Å². The van der Waals surface area contributed by atoms with E-state index in [0.29, 0.717) is 23.2 Å². The normalized spacial score (nSPS) is 11.0. The Morgan fingerprint density at radius 1 is 0.926 bits per heavy atom.